The van der Waals surface area contributed by atoms with Crippen molar-refractivity contribution in [3.63, 3.8) is 0 Å². The van der Waals surface area contributed by atoms with Gasteiger partial charge in [0.25, 0.3) is 0 Å². The molecule has 26 heavy (non-hydrogen) atoms. The van der Waals surface area contributed by atoms with E-state index >= 15 is 0 Å². The summed E-state index contributed by atoms with van der Waals surface area (Å²) in [5.41, 5.74) is 8.10. The monoisotopic (exact) mass is 370 g/mol. The number of piperidine rings is 2. The van der Waals surface area contributed by atoms with Crippen molar-refractivity contribution in [3.05, 3.63) is 47.0 Å². The Kier molecular flexibility index (Phi) is 4.96. The molecule has 1 aromatic carbocycles. The third-order valence-corrected chi connectivity index (χ3v) is 6.55. The van der Waals surface area contributed by atoms with Crippen LogP contribution in [0.25, 0.3) is 0 Å². The van der Waals surface area contributed by atoms with Crippen LogP contribution in [0, 0.1) is 0 Å². The fourth-order valence-electron chi connectivity index (χ4n) is 4.35. The Balaban J connectivity index is 1.56. The van der Waals surface area contributed by atoms with Gasteiger partial charge in [-0.1, -0.05) is 36.8 Å². The van der Waals surface area contributed by atoms with Crippen molar-refractivity contribution in [2.24, 2.45) is 0 Å². The van der Waals surface area contributed by atoms with Gasteiger partial charge >= 0.3 is 0 Å². The van der Waals surface area contributed by atoms with Crippen molar-refractivity contribution in [1.29, 1.82) is 0 Å². The van der Waals surface area contributed by atoms with Gasteiger partial charge in [-0.15, -0.1) is 11.3 Å². The summed E-state index contributed by atoms with van der Waals surface area (Å²) in [6.07, 6.45) is 5.05. The van der Waals surface area contributed by atoms with Gasteiger partial charge in [-0.25, -0.2) is 4.98 Å². The quantitative estimate of drug-likeness (QED) is 0.871. The highest BCUT2D eigenvalue weighted by molar-refractivity contribution is 7.13. The molecule has 6 heteroatoms. The van der Waals surface area contributed by atoms with Gasteiger partial charge < -0.3 is 16.0 Å². The minimum absolute atomic E-state index is 0.00268. The number of carbonyl (C=O) groups is 1. The summed E-state index contributed by atoms with van der Waals surface area (Å²) in [5.74, 6) is 0.268. The number of carbonyl (C=O) groups excluding carboxylic acids is 1. The highest BCUT2D eigenvalue weighted by Crippen LogP contribution is 2.42. The number of thiazole rings is 1. The fraction of sp³-hybridized carbons (Fsp3) is 0.500. The van der Waals surface area contributed by atoms with Gasteiger partial charge in [0.05, 0.1) is 11.7 Å². The first kappa shape index (κ1) is 17.5. The number of nitrogen functional groups attached to an aromatic ring is 1. The topological polar surface area (TPSA) is 71.2 Å². The zero-order valence-electron chi connectivity index (χ0n) is 15.0. The number of nitrogens with two attached hydrogens (primary N) is 1. The van der Waals surface area contributed by atoms with Crippen LogP contribution in [0.2, 0.25) is 0 Å². The van der Waals surface area contributed by atoms with Crippen molar-refractivity contribution < 1.29 is 4.79 Å². The van der Waals surface area contributed by atoms with E-state index in [1.807, 2.05) is 11.0 Å². The highest BCUT2D eigenvalue weighted by Gasteiger charge is 2.41. The fourth-order valence-corrected chi connectivity index (χ4v) is 5.01. The SMILES string of the molecule is Nc1nc(C2(c3ccccc3)CCN(C(=O)[C@H]3CCCCN3)CC2)cs1. The number of anilines is 1. The van der Waals surface area contributed by atoms with Gasteiger partial charge in [0, 0.05) is 23.9 Å². The van der Waals surface area contributed by atoms with Gasteiger partial charge in [0.15, 0.2) is 5.13 Å². The second kappa shape index (κ2) is 7.37. The molecule has 2 saturated heterocycles. The molecule has 1 aromatic heterocycles. The summed E-state index contributed by atoms with van der Waals surface area (Å²) in [6, 6.07) is 10.6. The summed E-state index contributed by atoms with van der Waals surface area (Å²) in [5, 5.41) is 6.08. The summed E-state index contributed by atoms with van der Waals surface area (Å²) in [7, 11) is 0. The second-order valence-electron chi connectivity index (χ2n) is 7.35. The first-order chi connectivity index (χ1) is 12.7. The molecule has 2 aliphatic rings. The summed E-state index contributed by atoms with van der Waals surface area (Å²) >= 11 is 1.50. The summed E-state index contributed by atoms with van der Waals surface area (Å²) in [6.45, 7) is 2.49. The second-order valence-corrected chi connectivity index (χ2v) is 8.24. The lowest BCUT2D eigenvalue weighted by Gasteiger charge is -2.42. The highest BCUT2D eigenvalue weighted by atomic mass is 32.1. The van der Waals surface area contributed by atoms with Crippen LogP contribution in [0.3, 0.4) is 0 Å². The van der Waals surface area contributed by atoms with E-state index in [9.17, 15) is 4.79 Å². The van der Waals surface area contributed by atoms with Crippen LogP contribution in [-0.2, 0) is 10.2 Å². The summed E-state index contributed by atoms with van der Waals surface area (Å²) in [4.78, 5) is 19.5. The normalized spacial score (nSPS) is 22.9. The molecule has 2 aliphatic heterocycles. The molecule has 2 fully saturated rings. The number of hydrogen-bond donors (Lipinski definition) is 2. The smallest absolute Gasteiger partial charge is 0.239 e. The van der Waals surface area contributed by atoms with Crippen LogP contribution in [0.15, 0.2) is 35.7 Å². The van der Waals surface area contributed by atoms with E-state index < -0.39 is 0 Å². The van der Waals surface area contributed by atoms with Gasteiger partial charge in [0.1, 0.15) is 0 Å². The van der Waals surface area contributed by atoms with Crippen LogP contribution in [0.5, 0.6) is 0 Å². The van der Waals surface area contributed by atoms with Gasteiger partial charge in [-0.05, 0) is 37.8 Å². The maximum atomic E-state index is 12.9. The Morgan fingerprint density at radius 3 is 2.62 bits per heavy atom. The van der Waals surface area contributed by atoms with E-state index in [2.05, 4.69) is 39.9 Å². The van der Waals surface area contributed by atoms with Crippen molar-refractivity contribution in [1.82, 2.24) is 15.2 Å². The zero-order chi connectivity index (χ0) is 18.0. The van der Waals surface area contributed by atoms with E-state index in [-0.39, 0.29) is 17.4 Å². The molecule has 0 radical (unpaired) electrons. The molecule has 1 amide bonds. The average Bonchev–Trinajstić information content (AvgIpc) is 3.16. The standard InChI is InChI=1S/C20H26N4OS/c21-19-23-17(14-26-19)20(15-6-2-1-3-7-15)9-12-24(13-10-20)18(25)16-8-4-5-11-22-16/h1-3,6-7,14,16,22H,4-5,8-13H2,(H2,21,23)/t16-/m1/s1. The molecule has 138 valence electrons. The minimum Gasteiger partial charge on any atom is -0.375 e. The van der Waals surface area contributed by atoms with E-state index in [1.165, 1.54) is 23.3 Å². The lowest BCUT2D eigenvalue weighted by Crippen LogP contribution is -2.53. The van der Waals surface area contributed by atoms with Crippen LogP contribution < -0.4 is 11.1 Å². The Labute approximate surface area is 158 Å². The molecule has 3 N–H and O–H groups in total. The molecule has 0 bridgehead atoms. The molecule has 0 spiro atoms. The molecule has 3 heterocycles. The molecule has 1 atom stereocenters. The number of nitrogens with one attached hydrogen (secondary N) is 1. The molecule has 0 saturated carbocycles. The van der Waals surface area contributed by atoms with E-state index in [0.717, 1.165) is 51.0 Å². The summed E-state index contributed by atoms with van der Waals surface area (Å²) < 4.78 is 0. The Bertz CT molecular complexity index is 746. The maximum Gasteiger partial charge on any atom is 0.239 e. The number of nitrogens with zero attached hydrogens (tertiary/aromatic N) is 2. The van der Waals surface area contributed by atoms with Crippen LogP contribution >= 0.6 is 11.3 Å². The average molecular weight is 371 g/mol. The van der Waals surface area contributed by atoms with Crippen molar-refractivity contribution in [2.75, 3.05) is 25.4 Å². The lowest BCUT2D eigenvalue weighted by atomic mass is 9.70. The maximum absolute atomic E-state index is 12.9. The minimum atomic E-state index is -0.147. The number of benzene rings is 1. The molecule has 0 aliphatic carbocycles. The zero-order valence-corrected chi connectivity index (χ0v) is 15.8. The van der Waals surface area contributed by atoms with E-state index in [4.69, 9.17) is 5.73 Å². The van der Waals surface area contributed by atoms with Crippen LogP contribution in [0.4, 0.5) is 5.13 Å². The van der Waals surface area contributed by atoms with Crippen molar-refractivity contribution >= 4 is 22.4 Å². The number of amides is 1. The van der Waals surface area contributed by atoms with Gasteiger partial charge in [0.2, 0.25) is 5.91 Å². The molecular weight excluding hydrogens is 344 g/mol. The van der Waals surface area contributed by atoms with Crippen molar-refractivity contribution in [2.45, 2.75) is 43.6 Å². The molecule has 4 rings (SSSR count). The third kappa shape index (κ3) is 3.23. The van der Waals surface area contributed by atoms with Crippen LogP contribution in [0.1, 0.15) is 43.4 Å². The largest absolute Gasteiger partial charge is 0.375 e. The van der Waals surface area contributed by atoms with Crippen molar-refractivity contribution in [3.8, 4) is 0 Å². The third-order valence-electron chi connectivity index (χ3n) is 5.88. The lowest BCUT2D eigenvalue weighted by molar-refractivity contribution is -0.135. The Hall–Kier alpha value is -1.92. The molecule has 0 unspecified atom stereocenters. The molecule has 5 nitrogen and oxygen atoms in total. The van der Waals surface area contributed by atoms with E-state index in [1.54, 1.807) is 0 Å². The molecular formula is C20H26N4OS. The Morgan fingerprint density at radius 2 is 2.00 bits per heavy atom. The molecule has 2 aromatic rings. The predicted octanol–water partition coefficient (Wildman–Crippen LogP) is 2.78. The van der Waals surface area contributed by atoms with Crippen LogP contribution in [-0.4, -0.2) is 41.5 Å². The van der Waals surface area contributed by atoms with Gasteiger partial charge in [-0.2, -0.15) is 0 Å². The number of rotatable bonds is 3. The van der Waals surface area contributed by atoms with Gasteiger partial charge in [-0.3, -0.25) is 4.79 Å². The first-order valence-corrected chi connectivity index (χ1v) is 10.4. The number of likely N-dealkylation sites (tertiary alicyclic amines) is 1. The number of aromatic nitrogens is 1. The first-order valence-electron chi connectivity index (χ1n) is 9.48. The predicted molar refractivity (Wildman–Crippen MR) is 105 cm³/mol. The van der Waals surface area contributed by atoms with E-state index in [0.29, 0.717) is 5.13 Å². The Morgan fingerprint density at radius 1 is 1.23 bits per heavy atom. The number of hydrogen-bond acceptors (Lipinski definition) is 5.